The van der Waals surface area contributed by atoms with Crippen LogP contribution in [-0.2, 0) is 4.74 Å². The molecule has 0 aromatic heterocycles. The Morgan fingerprint density at radius 2 is 2.14 bits per heavy atom. The number of nitrogens with two attached hydrogens (primary N) is 2. The highest BCUT2D eigenvalue weighted by Gasteiger charge is 1.94. The lowest BCUT2D eigenvalue weighted by molar-refractivity contribution is 0.157. The van der Waals surface area contributed by atoms with Crippen LogP contribution in [0.25, 0.3) is 0 Å². The van der Waals surface area contributed by atoms with Gasteiger partial charge in [0.15, 0.2) is 0 Å². The lowest BCUT2D eigenvalue weighted by Gasteiger charge is -2.03. The number of oxime groups is 1. The number of primary amides is 1. The van der Waals surface area contributed by atoms with E-state index in [1.165, 1.54) is 0 Å². The van der Waals surface area contributed by atoms with Gasteiger partial charge in [-0.15, -0.1) is 0 Å². The Kier molecular flexibility index (Phi) is 7.24. The Bertz CT molecular complexity index is 195. The highest BCUT2D eigenvalue weighted by atomic mass is 16.5. The monoisotopic (exact) mass is 204 g/mol. The first-order valence-electron chi connectivity index (χ1n) is 4.26. The second-order valence-corrected chi connectivity index (χ2v) is 2.61. The van der Waals surface area contributed by atoms with E-state index in [1.54, 1.807) is 0 Å². The third-order valence-corrected chi connectivity index (χ3v) is 1.44. The maximum atomic E-state index is 10.1. The molecule has 14 heavy (non-hydrogen) atoms. The molecule has 0 saturated heterocycles. The molecule has 0 aliphatic carbocycles. The third-order valence-electron chi connectivity index (χ3n) is 1.44. The molecule has 6 N–H and O–H groups in total. The van der Waals surface area contributed by atoms with Gasteiger partial charge in [0.05, 0.1) is 0 Å². The normalized spacial score (nSPS) is 11.3. The Morgan fingerprint density at radius 1 is 1.43 bits per heavy atom. The molecule has 0 bridgehead atoms. The van der Waals surface area contributed by atoms with Crippen LogP contribution in [0.1, 0.15) is 12.8 Å². The number of ether oxygens (including phenoxy) is 1. The smallest absolute Gasteiger partial charge is 0.404 e. The highest BCUT2D eigenvalue weighted by molar-refractivity contribution is 5.79. The quantitative estimate of drug-likeness (QED) is 0.142. The molecular formula is C7H16N4O3. The standard InChI is InChI=1S/C7H16N4O3/c8-6(11-13)2-1-3-10-4-5-14-7(9)12/h10,13H,1-5H2,(H2,8,11)(H2,9,12). The molecule has 0 radical (unpaired) electrons. The van der Waals surface area contributed by atoms with Crippen molar-refractivity contribution >= 4 is 11.9 Å². The lowest BCUT2D eigenvalue weighted by Crippen LogP contribution is -2.25. The minimum absolute atomic E-state index is 0.209. The summed E-state index contributed by atoms with van der Waals surface area (Å²) in [5.74, 6) is 0.209. The van der Waals surface area contributed by atoms with Gasteiger partial charge >= 0.3 is 6.09 Å². The molecule has 0 atom stereocenters. The second-order valence-electron chi connectivity index (χ2n) is 2.61. The van der Waals surface area contributed by atoms with E-state index in [2.05, 4.69) is 15.2 Å². The molecule has 0 heterocycles. The van der Waals surface area contributed by atoms with Crippen LogP contribution in [0.3, 0.4) is 0 Å². The molecule has 82 valence electrons. The van der Waals surface area contributed by atoms with Gasteiger partial charge in [-0.1, -0.05) is 5.16 Å². The molecule has 7 heteroatoms. The van der Waals surface area contributed by atoms with Crippen molar-refractivity contribution in [2.45, 2.75) is 12.8 Å². The van der Waals surface area contributed by atoms with Crippen molar-refractivity contribution in [3.63, 3.8) is 0 Å². The first kappa shape index (κ1) is 12.5. The molecule has 0 unspecified atom stereocenters. The number of hydrogen-bond donors (Lipinski definition) is 4. The molecule has 0 fully saturated rings. The molecule has 0 aliphatic rings. The summed E-state index contributed by atoms with van der Waals surface area (Å²) >= 11 is 0. The number of carbonyl (C=O) groups excluding carboxylic acids is 1. The fraction of sp³-hybridized carbons (Fsp3) is 0.714. The van der Waals surface area contributed by atoms with E-state index >= 15 is 0 Å². The van der Waals surface area contributed by atoms with E-state index < -0.39 is 6.09 Å². The first-order chi connectivity index (χ1) is 6.66. The Hall–Kier alpha value is -1.50. The van der Waals surface area contributed by atoms with Gasteiger partial charge in [0.2, 0.25) is 0 Å². The molecule has 0 spiro atoms. The number of amidine groups is 1. The van der Waals surface area contributed by atoms with Crippen LogP contribution in [0.5, 0.6) is 0 Å². The Balaban J connectivity index is 3.10. The van der Waals surface area contributed by atoms with E-state index in [0.29, 0.717) is 19.5 Å². The number of nitrogens with one attached hydrogen (secondary N) is 1. The summed E-state index contributed by atoms with van der Waals surface area (Å²) in [5.41, 5.74) is 9.98. The molecule has 0 aliphatic heterocycles. The van der Waals surface area contributed by atoms with E-state index in [9.17, 15) is 4.79 Å². The third kappa shape index (κ3) is 8.60. The largest absolute Gasteiger partial charge is 0.448 e. The van der Waals surface area contributed by atoms with Crippen LogP contribution in [-0.4, -0.2) is 36.8 Å². The maximum absolute atomic E-state index is 10.1. The Morgan fingerprint density at radius 3 is 2.71 bits per heavy atom. The van der Waals surface area contributed by atoms with Crippen LogP contribution in [0.4, 0.5) is 4.79 Å². The zero-order valence-electron chi connectivity index (χ0n) is 7.90. The number of nitrogens with zero attached hydrogens (tertiary/aromatic N) is 1. The second kappa shape index (κ2) is 8.11. The minimum Gasteiger partial charge on any atom is -0.448 e. The predicted octanol–water partition coefficient (Wildman–Crippen LogP) is -0.802. The summed E-state index contributed by atoms with van der Waals surface area (Å²) in [5, 5.41) is 14.0. The van der Waals surface area contributed by atoms with Crippen molar-refractivity contribution in [1.82, 2.24) is 5.32 Å². The number of carbonyl (C=O) groups is 1. The summed E-state index contributed by atoms with van der Waals surface area (Å²) in [4.78, 5) is 10.1. The summed E-state index contributed by atoms with van der Waals surface area (Å²) in [7, 11) is 0. The Labute approximate surface area is 82.1 Å². The summed E-state index contributed by atoms with van der Waals surface area (Å²) in [6.07, 6.45) is 0.510. The van der Waals surface area contributed by atoms with Gasteiger partial charge in [0.25, 0.3) is 0 Å². The van der Waals surface area contributed by atoms with Gasteiger partial charge in [0, 0.05) is 13.0 Å². The predicted molar refractivity (Wildman–Crippen MR) is 51.0 cm³/mol. The van der Waals surface area contributed by atoms with Gasteiger partial charge in [-0.3, -0.25) is 0 Å². The summed E-state index contributed by atoms with van der Waals surface area (Å²) in [6.45, 7) is 1.50. The minimum atomic E-state index is -0.775. The summed E-state index contributed by atoms with van der Waals surface area (Å²) < 4.78 is 4.48. The zero-order chi connectivity index (χ0) is 10.8. The van der Waals surface area contributed by atoms with E-state index in [1.807, 2.05) is 0 Å². The van der Waals surface area contributed by atoms with Crippen molar-refractivity contribution in [3.8, 4) is 0 Å². The molecule has 7 nitrogen and oxygen atoms in total. The first-order valence-corrected chi connectivity index (χ1v) is 4.26. The number of amides is 1. The van der Waals surface area contributed by atoms with E-state index in [-0.39, 0.29) is 12.4 Å². The van der Waals surface area contributed by atoms with Crippen LogP contribution >= 0.6 is 0 Å². The van der Waals surface area contributed by atoms with Crippen LogP contribution in [0.2, 0.25) is 0 Å². The van der Waals surface area contributed by atoms with Crippen LogP contribution < -0.4 is 16.8 Å². The zero-order valence-corrected chi connectivity index (χ0v) is 7.90. The van der Waals surface area contributed by atoms with E-state index in [4.69, 9.17) is 16.7 Å². The van der Waals surface area contributed by atoms with Gasteiger partial charge in [0.1, 0.15) is 12.4 Å². The van der Waals surface area contributed by atoms with Crippen molar-refractivity contribution < 1.29 is 14.7 Å². The van der Waals surface area contributed by atoms with Crippen molar-refractivity contribution in [1.29, 1.82) is 0 Å². The fourth-order valence-electron chi connectivity index (χ4n) is 0.793. The van der Waals surface area contributed by atoms with Crippen LogP contribution in [0, 0.1) is 0 Å². The average molecular weight is 204 g/mol. The molecular weight excluding hydrogens is 188 g/mol. The fourth-order valence-corrected chi connectivity index (χ4v) is 0.793. The van der Waals surface area contributed by atoms with Gasteiger partial charge in [-0.25, -0.2) is 4.79 Å². The number of hydrogen-bond acceptors (Lipinski definition) is 5. The van der Waals surface area contributed by atoms with Crippen molar-refractivity contribution in [3.05, 3.63) is 0 Å². The van der Waals surface area contributed by atoms with Gasteiger partial charge < -0.3 is 26.7 Å². The molecule has 0 aromatic carbocycles. The topological polar surface area (TPSA) is 123 Å². The summed E-state index contributed by atoms with van der Waals surface area (Å²) in [6, 6.07) is 0. The van der Waals surface area contributed by atoms with Crippen LogP contribution in [0.15, 0.2) is 5.16 Å². The van der Waals surface area contributed by atoms with Crippen molar-refractivity contribution in [2.75, 3.05) is 19.7 Å². The SMILES string of the molecule is NC(=O)OCCNCCCC(N)=NO. The van der Waals surface area contributed by atoms with Gasteiger partial charge in [-0.2, -0.15) is 0 Å². The van der Waals surface area contributed by atoms with E-state index in [0.717, 1.165) is 6.42 Å². The lowest BCUT2D eigenvalue weighted by atomic mass is 10.3. The van der Waals surface area contributed by atoms with Gasteiger partial charge in [-0.05, 0) is 13.0 Å². The molecule has 1 amide bonds. The average Bonchev–Trinajstić information content (AvgIpc) is 2.15. The maximum Gasteiger partial charge on any atom is 0.404 e. The number of rotatable bonds is 7. The molecule has 0 aromatic rings. The molecule has 0 saturated carbocycles. The van der Waals surface area contributed by atoms with Crippen molar-refractivity contribution in [2.24, 2.45) is 16.6 Å². The molecule has 0 rings (SSSR count). The highest BCUT2D eigenvalue weighted by Crippen LogP contribution is 1.86.